The van der Waals surface area contributed by atoms with Crippen molar-refractivity contribution in [2.24, 2.45) is 34.5 Å². The monoisotopic (exact) mass is 752 g/mol. The smallest absolute Gasteiger partial charge is 0.230 e. The molecule has 7 heteroatoms. The fourth-order valence-electron chi connectivity index (χ4n) is 13.6. The minimum Gasteiger partial charge on any atom is -0.326 e. The largest absolute Gasteiger partial charge is 0.326 e. The van der Waals surface area contributed by atoms with Crippen molar-refractivity contribution in [3.8, 4) is 0 Å². The summed E-state index contributed by atoms with van der Waals surface area (Å²) in [7, 11) is -3.81. The molecule has 0 heterocycles. The zero-order chi connectivity index (χ0) is 37.8. The van der Waals surface area contributed by atoms with E-state index in [1.54, 1.807) is 48.5 Å². The zero-order valence-electron chi connectivity index (χ0n) is 32.1. The molecule has 0 radical (unpaired) electrons. The first-order chi connectivity index (χ1) is 26.3. The van der Waals surface area contributed by atoms with Crippen LogP contribution in [0.4, 0.5) is 11.4 Å². The molecule has 8 saturated carbocycles. The van der Waals surface area contributed by atoms with Crippen molar-refractivity contribution in [3.63, 3.8) is 0 Å². The van der Waals surface area contributed by atoms with Crippen molar-refractivity contribution in [1.82, 2.24) is 0 Å². The van der Waals surface area contributed by atoms with E-state index in [1.807, 2.05) is 0 Å². The highest BCUT2D eigenvalue weighted by Crippen LogP contribution is 2.67. The van der Waals surface area contributed by atoms with Crippen LogP contribution in [0.5, 0.6) is 0 Å². The molecule has 2 N–H and O–H groups in total. The van der Waals surface area contributed by atoms with Gasteiger partial charge in [0.2, 0.25) is 21.7 Å². The highest BCUT2D eigenvalue weighted by molar-refractivity contribution is 7.91. The highest BCUT2D eigenvalue weighted by atomic mass is 32.2. The lowest BCUT2D eigenvalue weighted by Crippen LogP contribution is -2.58. The summed E-state index contributed by atoms with van der Waals surface area (Å²) in [5, 5.41) is 6.42. The van der Waals surface area contributed by atoms with Gasteiger partial charge in [-0.05, 0) is 185 Å². The molecule has 12 rings (SSSR count). The molecule has 0 spiro atoms. The van der Waals surface area contributed by atoms with Gasteiger partial charge in [0.25, 0.3) is 0 Å². The number of hydrogen-bond donors (Lipinski definition) is 2. The molecule has 2 amide bonds. The van der Waals surface area contributed by atoms with Crippen LogP contribution in [-0.4, -0.2) is 20.2 Å². The number of amides is 2. The van der Waals surface area contributed by atoms with Gasteiger partial charge in [-0.2, -0.15) is 0 Å². The van der Waals surface area contributed by atoms with Crippen molar-refractivity contribution in [2.45, 2.75) is 112 Å². The molecule has 0 aliphatic heterocycles. The Hall–Kier alpha value is -4.23. The summed E-state index contributed by atoms with van der Waals surface area (Å²) >= 11 is 0. The van der Waals surface area contributed by atoms with E-state index < -0.39 is 20.7 Å². The predicted octanol–water partition coefficient (Wildman–Crippen LogP) is 10.1. The molecule has 55 heavy (non-hydrogen) atoms. The zero-order valence-corrected chi connectivity index (χ0v) is 32.9. The van der Waals surface area contributed by atoms with E-state index in [0.29, 0.717) is 35.0 Å². The van der Waals surface area contributed by atoms with Crippen molar-refractivity contribution in [2.75, 3.05) is 10.6 Å². The molecule has 0 aromatic heterocycles. The molecular formula is C48H52N2O4S. The van der Waals surface area contributed by atoms with Crippen LogP contribution in [-0.2, 0) is 30.3 Å². The molecule has 2 unspecified atom stereocenters. The van der Waals surface area contributed by atoms with Crippen LogP contribution in [0.1, 0.15) is 99.3 Å². The lowest BCUT2D eigenvalue weighted by Gasteiger charge is -2.61. The standard InChI is InChI=1S/C48H52N2O4S/c1-31-3-7-37(8-4-31)45-21-33-19-34(22-45)26-47(25-33,29-45)43(51)49-39-11-15-41(16-12-39)55(53,54)42-17-13-40(14-18-42)50-44(52)48-27-35-20-36(28-48)24-46(23-35,30-48)38-9-5-32(2)6-10-38/h3-18,33-36H,19-30H2,1-2H3,(H,49,51)(H,50,52)/t33-,34-,35-,36+,45?,46?,47?,48?/m1/s1. The van der Waals surface area contributed by atoms with E-state index in [-0.39, 0.29) is 32.4 Å². The third-order valence-electron chi connectivity index (χ3n) is 15.3. The summed E-state index contributed by atoms with van der Waals surface area (Å²) in [5.41, 5.74) is 5.85. The molecule has 284 valence electrons. The first-order valence-electron chi connectivity index (χ1n) is 20.6. The van der Waals surface area contributed by atoms with Gasteiger partial charge in [-0.25, -0.2) is 8.42 Å². The maximum absolute atomic E-state index is 14.1. The Kier molecular flexibility index (Phi) is 7.93. The van der Waals surface area contributed by atoms with Gasteiger partial charge in [0.05, 0.1) is 20.6 Å². The van der Waals surface area contributed by atoms with E-state index in [0.717, 1.165) is 64.2 Å². The molecule has 4 aromatic rings. The Bertz CT molecular complexity index is 2090. The molecule has 0 saturated heterocycles. The third kappa shape index (κ3) is 5.81. The van der Waals surface area contributed by atoms with Crippen molar-refractivity contribution < 1.29 is 18.0 Å². The van der Waals surface area contributed by atoms with E-state index in [1.165, 1.54) is 35.1 Å². The van der Waals surface area contributed by atoms with Crippen LogP contribution < -0.4 is 10.6 Å². The molecule has 8 aliphatic rings. The number of anilines is 2. The minimum absolute atomic E-state index is 0.0603. The number of carbonyl (C=O) groups excluding carboxylic acids is 2. The first kappa shape index (κ1) is 35.2. The summed E-state index contributed by atoms with van der Waals surface area (Å²) in [6.45, 7) is 4.24. The Balaban J connectivity index is 0.816. The molecule has 6 atom stereocenters. The Morgan fingerprint density at radius 1 is 0.491 bits per heavy atom. The SMILES string of the molecule is Cc1ccc(C23C[C@@H]4C[C@@H](CC(C(=O)Nc5ccc(S(=O)(=O)c6ccc(NC(=O)C78C[C@@H]9C[C@@H](C7)CC(c7ccc(C)cc7)(C9)C8)cc6)cc5)(C4)C2)C3)cc1. The minimum atomic E-state index is -3.81. The van der Waals surface area contributed by atoms with Gasteiger partial charge in [0, 0.05) is 11.4 Å². The molecule has 4 aromatic carbocycles. The van der Waals surface area contributed by atoms with Gasteiger partial charge in [0.1, 0.15) is 0 Å². The van der Waals surface area contributed by atoms with Crippen LogP contribution in [0.25, 0.3) is 0 Å². The van der Waals surface area contributed by atoms with Gasteiger partial charge >= 0.3 is 0 Å². The number of sulfone groups is 1. The van der Waals surface area contributed by atoms with E-state index in [4.69, 9.17) is 0 Å². The maximum Gasteiger partial charge on any atom is 0.230 e. The topological polar surface area (TPSA) is 92.3 Å². The third-order valence-corrected chi connectivity index (χ3v) is 17.0. The van der Waals surface area contributed by atoms with Crippen LogP contribution >= 0.6 is 0 Å². The van der Waals surface area contributed by atoms with Crippen molar-refractivity contribution in [3.05, 3.63) is 119 Å². The number of rotatable bonds is 8. The second kappa shape index (κ2) is 12.4. The maximum atomic E-state index is 14.1. The number of aryl methyl sites for hydroxylation is 2. The number of nitrogens with one attached hydrogen (secondary N) is 2. The summed E-state index contributed by atoms with van der Waals surface area (Å²) in [5.74, 6) is 2.40. The molecule has 8 bridgehead atoms. The summed E-state index contributed by atoms with van der Waals surface area (Å²) in [4.78, 5) is 28.6. The van der Waals surface area contributed by atoms with Gasteiger partial charge < -0.3 is 10.6 Å². The fraction of sp³-hybridized carbons (Fsp3) is 0.458. The first-order valence-corrected chi connectivity index (χ1v) is 22.1. The Morgan fingerprint density at radius 3 is 1.15 bits per heavy atom. The number of carbonyl (C=O) groups is 2. The van der Waals surface area contributed by atoms with Gasteiger partial charge in [-0.15, -0.1) is 0 Å². The summed E-state index contributed by atoms with van der Waals surface area (Å²) in [6.07, 6.45) is 12.6. The molecule has 6 nitrogen and oxygen atoms in total. The molecule has 8 aliphatic carbocycles. The lowest BCUT2D eigenvalue weighted by molar-refractivity contribution is -0.143. The Morgan fingerprint density at radius 2 is 0.818 bits per heavy atom. The van der Waals surface area contributed by atoms with Gasteiger partial charge in [0.15, 0.2) is 0 Å². The summed E-state index contributed by atoms with van der Waals surface area (Å²) < 4.78 is 27.5. The molecular weight excluding hydrogens is 701 g/mol. The van der Waals surface area contributed by atoms with Gasteiger partial charge in [-0.1, -0.05) is 59.7 Å². The van der Waals surface area contributed by atoms with Crippen molar-refractivity contribution in [1.29, 1.82) is 0 Å². The van der Waals surface area contributed by atoms with Gasteiger partial charge in [-0.3, -0.25) is 9.59 Å². The normalized spacial score (nSPS) is 34.1. The average molecular weight is 753 g/mol. The number of hydrogen-bond acceptors (Lipinski definition) is 4. The lowest BCUT2D eigenvalue weighted by atomic mass is 9.42. The predicted molar refractivity (Wildman–Crippen MR) is 216 cm³/mol. The quantitative estimate of drug-likeness (QED) is 0.188. The summed E-state index contributed by atoms with van der Waals surface area (Å²) in [6, 6.07) is 31.1. The molecule has 8 fully saturated rings. The van der Waals surface area contributed by atoms with Crippen LogP contribution in [0.3, 0.4) is 0 Å². The van der Waals surface area contributed by atoms with E-state index in [9.17, 15) is 18.0 Å². The van der Waals surface area contributed by atoms with Crippen LogP contribution in [0.2, 0.25) is 0 Å². The van der Waals surface area contributed by atoms with Crippen LogP contribution in [0.15, 0.2) is 107 Å². The second-order valence-electron chi connectivity index (χ2n) is 19.2. The highest BCUT2D eigenvalue weighted by Gasteiger charge is 2.62. The van der Waals surface area contributed by atoms with E-state index >= 15 is 0 Å². The fourth-order valence-corrected chi connectivity index (χ4v) is 14.9. The number of benzene rings is 4. The average Bonchev–Trinajstić information content (AvgIpc) is 3.15. The second-order valence-corrected chi connectivity index (χ2v) is 21.2. The Labute approximate surface area is 325 Å². The van der Waals surface area contributed by atoms with Crippen molar-refractivity contribution >= 4 is 33.0 Å². The van der Waals surface area contributed by atoms with E-state index in [2.05, 4.69) is 73.0 Å². The van der Waals surface area contributed by atoms with Crippen LogP contribution in [0, 0.1) is 48.3 Å².